The van der Waals surface area contributed by atoms with Crippen LogP contribution in [0.25, 0.3) is 0 Å². The normalized spacial score (nSPS) is 21.4. The smallest absolute Gasteiger partial charge is 0.227 e. The van der Waals surface area contributed by atoms with Crippen LogP contribution in [0.3, 0.4) is 0 Å². The van der Waals surface area contributed by atoms with Crippen molar-refractivity contribution in [2.45, 2.75) is 89.8 Å². The summed E-state index contributed by atoms with van der Waals surface area (Å²) < 4.78 is 33.2. The fraction of sp³-hybridized carbons (Fsp3) is 0.840. The number of rotatable bonds is 15. The van der Waals surface area contributed by atoms with Crippen LogP contribution in [0.2, 0.25) is 51.4 Å². The standard InChI is InChI=1S/C25H49FN4O3Si2/c1-9-14-33-22-11-13-29(19-25(22,2)26)24-27-12-10-23(28-24)30(20-31-15-17-34(3,4)5)21-32-16-18-35(6,7)8/h10,12,22H,9,11,13-21H2,1-8H3/t22-,25+/m1/s1. The van der Waals surface area contributed by atoms with Gasteiger partial charge in [0.15, 0.2) is 5.67 Å². The van der Waals surface area contributed by atoms with Crippen LogP contribution in [0.15, 0.2) is 12.3 Å². The number of hydrogen-bond donors (Lipinski definition) is 0. The summed E-state index contributed by atoms with van der Waals surface area (Å²) in [6.07, 6.45) is 2.85. The summed E-state index contributed by atoms with van der Waals surface area (Å²) >= 11 is 0. The van der Waals surface area contributed by atoms with Gasteiger partial charge in [-0.15, -0.1) is 0 Å². The van der Waals surface area contributed by atoms with E-state index >= 15 is 4.39 Å². The molecule has 1 aliphatic rings. The Morgan fingerprint density at radius 3 is 2.17 bits per heavy atom. The molecule has 2 heterocycles. The first-order valence-electron chi connectivity index (χ1n) is 13.1. The predicted molar refractivity (Wildman–Crippen MR) is 149 cm³/mol. The molecule has 7 nitrogen and oxygen atoms in total. The molecule has 35 heavy (non-hydrogen) atoms. The highest BCUT2D eigenvalue weighted by Crippen LogP contribution is 2.30. The molecule has 1 aromatic heterocycles. The van der Waals surface area contributed by atoms with E-state index in [9.17, 15) is 0 Å². The molecule has 2 rings (SSSR count). The third-order valence-electron chi connectivity index (χ3n) is 6.08. The zero-order chi connectivity index (χ0) is 26.1. The van der Waals surface area contributed by atoms with Crippen molar-refractivity contribution in [3.63, 3.8) is 0 Å². The fourth-order valence-electron chi connectivity index (χ4n) is 3.76. The van der Waals surface area contributed by atoms with Crippen LogP contribution >= 0.6 is 0 Å². The maximum atomic E-state index is 15.4. The van der Waals surface area contributed by atoms with Crippen LogP contribution in [0.5, 0.6) is 0 Å². The van der Waals surface area contributed by atoms with Gasteiger partial charge in [0.25, 0.3) is 0 Å². The van der Waals surface area contributed by atoms with Gasteiger partial charge in [-0.2, -0.15) is 4.98 Å². The van der Waals surface area contributed by atoms with E-state index in [0.717, 1.165) is 37.5 Å². The Bertz CT molecular complexity index is 737. The van der Waals surface area contributed by atoms with E-state index in [-0.39, 0.29) is 6.54 Å². The molecule has 202 valence electrons. The van der Waals surface area contributed by atoms with Gasteiger partial charge in [0.05, 0.1) is 12.6 Å². The summed E-state index contributed by atoms with van der Waals surface area (Å²) in [4.78, 5) is 13.2. The second-order valence-corrected chi connectivity index (χ2v) is 23.5. The van der Waals surface area contributed by atoms with Gasteiger partial charge in [0, 0.05) is 48.7 Å². The van der Waals surface area contributed by atoms with Crippen molar-refractivity contribution in [1.82, 2.24) is 9.97 Å². The Morgan fingerprint density at radius 1 is 1.06 bits per heavy atom. The Balaban J connectivity index is 2.07. The summed E-state index contributed by atoms with van der Waals surface area (Å²) in [6.45, 7) is 21.5. The first-order valence-corrected chi connectivity index (χ1v) is 20.5. The Labute approximate surface area is 214 Å². The van der Waals surface area contributed by atoms with Crippen molar-refractivity contribution in [3.05, 3.63) is 12.3 Å². The first-order chi connectivity index (χ1) is 16.3. The van der Waals surface area contributed by atoms with Crippen molar-refractivity contribution < 1.29 is 18.6 Å². The zero-order valence-electron chi connectivity index (χ0n) is 23.4. The van der Waals surface area contributed by atoms with Gasteiger partial charge in [-0.1, -0.05) is 46.2 Å². The molecule has 0 unspecified atom stereocenters. The number of anilines is 2. The van der Waals surface area contributed by atoms with Crippen LogP contribution < -0.4 is 9.80 Å². The number of halogens is 1. The molecule has 0 saturated carbocycles. The van der Waals surface area contributed by atoms with Crippen molar-refractivity contribution in [2.75, 3.05) is 56.2 Å². The monoisotopic (exact) mass is 528 g/mol. The summed E-state index contributed by atoms with van der Waals surface area (Å²) in [5.74, 6) is 1.27. The van der Waals surface area contributed by atoms with Crippen LogP contribution in [-0.2, 0) is 14.2 Å². The fourth-order valence-corrected chi connectivity index (χ4v) is 5.27. The Morgan fingerprint density at radius 2 is 1.66 bits per heavy atom. The van der Waals surface area contributed by atoms with E-state index in [1.54, 1.807) is 13.1 Å². The molecule has 10 heteroatoms. The molecular formula is C25H49FN4O3Si2. The van der Waals surface area contributed by atoms with Crippen LogP contribution in [0.1, 0.15) is 26.7 Å². The summed E-state index contributed by atoms with van der Waals surface area (Å²) in [7, 11) is -2.34. The lowest BCUT2D eigenvalue weighted by atomic mass is 9.93. The van der Waals surface area contributed by atoms with E-state index in [1.807, 2.05) is 22.8 Å². The molecule has 1 saturated heterocycles. The maximum Gasteiger partial charge on any atom is 0.227 e. The van der Waals surface area contributed by atoms with E-state index < -0.39 is 27.9 Å². The molecular weight excluding hydrogens is 479 g/mol. The molecule has 0 aliphatic carbocycles. The summed E-state index contributed by atoms with van der Waals surface area (Å²) in [5, 5.41) is 0. The second-order valence-electron chi connectivity index (χ2n) is 12.3. The molecule has 0 amide bonds. The van der Waals surface area contributed by atoms with Crippen LogP contribution in [0.4, 0.5) is 16.2 Å². The first kappa shape index (κ1) is 30.1. The minimum atomic E-state index is -1.45. The van der Waals surface area contributed by atoms with Gasteiger partial charge >= 0.3 is 0 Å². The molecule has 2 atom stereocenters. The van der Waals surface area contributed by atoms with Gasteiger partial charge in [-0.3, -0.25) is 0 Å². The van der Waals surface area contributed by atoms with Gasteiger partial charge in [0.1, 0.15) is 19.3 Å². The summed E-state index contributed by atoms with van der Waals surface area (Å²) in [5.41, 5.74) is -1.45. The molecule has 0 bridgehead atoms. The topological polar surface area (TPSA) is 60.0 Å². The molecule has 1 aromatic rings. The second kappa shape index (κ2) is 13.5. The average molecular weight is 529 g/mol. The van der Waals surface area contributed by atoms with E-state index in [2.05, 4.69) is 44.3 Å². The number of aromatic nitrogens is 2. The molecule has 0 N–H and O–H groups in total. The third kappa shape index (κ3) is 11.2. The Hall–Kier alpha value is -1.08. The highest BCUT2D eigenvalue weighted by atomic mass is 28.3. The zero-order valence-corrected chi connectivity index (χ0v) is 25.4. The van der Waals surface area contributed by atoms with Crippen molar-refractivity contribution in [1.29, 1.82) is 0 Å². The predicted octanol–water partition coefficient (Wildman–Crippen LogP) is 5.64. The highest BCUT2D eigenvalue weighted by Gasteiger charge is 2.41. The van der Waals surface area contributed by atoms with E-state index in [4.69, 9.17) is 19.2 Å². The van der Waals surface area contributed by atoms with Crippen molar-refractivity contribution in [2.24, 2.45) is 0 Å². The van der Waals surface area contributed by atoms with Gasteiger partial charge in [0.2, 0.25) is 5.95 Å². The molecule has 1 aliphatic heterocycles. The van der Waals surface area contributed by atoms with Crippen molar-refractivity contribution in [3.8, 4) is 0 Å². The number of alkyl halides is 1. The average Bonchev–Trinajstić information content (AvgIpc) is 2.75. The number of nitrogens with zero attached hydrogens (tertiary/aromatic N) is 4. The van der Waals surface area contributed by atoms with Crippen molar-refractivity contribution >= 4 is 27.9 Å². The minimum Gasteiger partial charge on any atom is -0.375 e. The molecule has 1 fully saturated rings. The van der Waals surface area contributed by atoms with Gasteiger partial charge < -0.3 is 24.0 Å². The summed E-state index contributed by atoms with van der Waals surface area (Å²) in [6, 6.07) is 4.09. The van der Waals surface area contributed by atoms with Crippen LogP contribution in [0, 0.1) is 0 Å². The van der Waals surface area contributed by atoms with Crippen LogP contribution in [-0.4, -0.2) is 84.3 Å². The van der Waals surface area contributed by atoms with Gasteiger partial charge in [-0.05, 0) is 37.9 Å². The molecule has 0 spiro atoms. The highest BCUT2D eigenvalue weighted by molar-refractivity contribution is 6.76. The minimum absolute atomic E-state index is 0.213. The van der Waals surface area contributed by atoms with E-state index in [0.29, 0.717) is 39.0 Å². The Kier molecular flexibility index (Phi) is 11.6. The van der Waals surface area contributed by atoms with E-state index in [1.165, 1.54) is 0 Å². The SMILES string of the molecule is CCCO[C@@H]1CCN(c2nccc(N(COCC[Si](C)(C)C)COCC[Si](C)(C)C)n2)C[C@]1(C)F. The largest absolute Gasteiger partial charge is 0.375 e. The molecule has 0 aromatic carbocycles. The number of piperidine rings is 1. The lowest BCUT2D eigenvalue weighted by Crippen LogP contribution is -2.54. The molecule has 0 radical (unpaired) electrons. The maximum absolute atomic E-state index is 15.4. The number of hydrogen-bond acceptors (Lipinski definition) is 7. The quantitative estimate of drug-likeness (QED) is 0.166. The lowest BCUT2D eigenvalue weighted by molar-refractivity contribution is -0.0617. The third-order valence-corrected chi connectivity index (χ3v) is 9.49. The lowest BCUT2D eigenvalue weighted by Gasteiger charge is -2.41. The number of ether oxygens (including phenoxy) is 3. The van der Waals surface area contributed by atoms with Gasteiger partial charge in [-0.25, -0.2) is 9.37 Å².